The number of hydrogen-bond acceptors (Lipinski definition) is 3. The van der Waals surface area contributed by atoms with Gasteiger partial charge < -0.3 is 9.84 Å². The lowest BCUT2D eigenvalue weighted by Crippen LogP contribution is -2.16. The highest BCUT2D eigenvalue weighted by Gasteiger charge is 2.10. The largest absolute Gasteiger partial charge is 0.463 e. The molecule has 0 aromatic carbocycles. The van der Waals surface area contributed by atoms with Gasteiger partial charge in [0.1, 0.15) is 0 Å². The molecule has 0 unspecified atom stereocenters. The topological polar surface area (TPSA) is 46.5 Å². The summed E-state index contributed by atoms with van der Waals surface area (Å²) >= 11 is 0. The van der Waals surface area contributed by atoms with E-state index in [1.807, 2.05) is 6.92 Å². The molecule has 0 saturated carbocycles. The highest BCUT2D eigenvalue weighted by molar-refractivity contribution is 5.69. The molecule has 0 aliphatic heterocycles. The molecule has 0 aliphatic rings. The minimum absolute atomic E-state index is 0.0762. The van der Waals surface area contributed by atoms with Crippen molar-refractivity contribution >= 4 is 5.97 Å². The van der Waals surface area contributed by atoms with E-state index < -0.39 is 0 Å². The molecule has 2 atom stereocenters. The Bertz CT molecular complexity index is 190. The van der Waals surface area contributed by atoms with Crippen LogP contribution in [0.4, 0.5) is 0 Å². The molecule has 0 spiro atoms. The number of carbonyl (C=O) groups is 1. The first kappa shape index (κ1) is 16.4. The molecule has 17 heavy (non-hydrogen) atoms. The van der Waals surface area contributed by atoms with Crippen LogP contribution in [0.1, 0.15) is 72.1 Å². The maximum atomic E-state index is 11.4. The van der Waals surface area contributed by atoms with Gasteiger partial charge in [-0.1, -0.05) is 32.6 Å². The first-order chi connectivity index (χ1) is 8.06. The molecule has 0 aromatic heterocycles. The Labute approximate surface area is 106 Å². The standard InChI is InChI=1S/C14H28O3/c1-4-5-6-7-8-9-14(16)17-13(3)11-10-12(2)15/h12-13,15H,4-11H2,1-3H3/t12-,13+/m0/s1. The van der Waals surface area contributed by atoms with Gasteiger partial charge in [-0.25, -0.2) is 0 Å². The molecule has 0 rings (SSSR count). The normalized spacial score (nSPS) is 14.4. The number of esters is 1. The van der Waals surface area contributed by atoms with E-state index in [1.54, 1.807) is 6.92 Å². The van der Waals surface area contributed by atoms with Gasteiger partial charge in [0.25, 0.3) is 0 Å². The lowest BCUT2D eigenvalue weighted by molar-refractivity contribution is -0.148. The first-order valence-corrected chi connectivity index (χ1v) is 6.93. The number of aliphatic hydroxyl groups excluding tert-OH is 1. The van der Waals surface area contributed by atoms with Crippen LogP contribution in [0.2, 0.25) is 0 Å². The van der Waals surface area contributed by atoms with Crippen LogP contribution >= 0.6 is 0 Å². The van der Waals surface area contributed by atoms with Gasteiger partial charge >= 0.3 is 5.97 Å². The number of aliphatic hydroxyl groups is 1. The van der Waals surface area contributed by atoms with Gasteiger partial charge in [-0.05, 0) is 33.1 Å². The van der Waals surface area contributed by atoms with Crippen LogP contribution in [0.15, 0.2) is 0 Å². The molecular formula is C14H28O3. The van der Waals surface area contributed by atoms with E-state index in [9.17, 15) is 4.79 Å². The highest BCUT2D eigenvalue weighted by Crippen LogP contribution is 2.09. The molecule has 0 heterocycles. The molecule has 0 amide bonds. The quantitative estimate of drug-likeness (QED) is 0.473. The zero-order chi connectivity index (χ0) is 13.1. The van der Waals surface area contributed by atoms with E-state index in [0.717, 1.165) is 19.3 Å². The summed E-state index contributed by atoms with van der Waals surface area (Å²) in [5.41, 5.74) is 0. The summed E-state index contributed by atoms with van der Waals surface area (Å²) in [6.07, 6.45) is 7.29. The molecule has 0 aromatic rings. The second kappa shape index (κ2) is 10.6. The van der Waals surface area contributed by atoms with Gasteiger partial charge in [-0.3, -0.25) is 4.79 Å². The van der Waals surface area contributed by atoms with Crippen LogP contribution in [-0.2, 0) is 9.53 Å². The van der Waals surface area contributed by atoms with Crippen molar-refractivity contribution in [1.29, 1.82) is 0 Å². The maximum absolute atomic E-state index is 11.4. The fraction of sp³-hybridized carbons (Fsp3) is 0.929. The maximum Gasteiger partial charge on any atom is 0.306 e. The Morgan fingerprint density at radius 3 is 2.35 bits per heavy atom. The Morgan fingerprint density at radius 1 is 1.12 bits per heavy atom. The van der Waals surface area contributed by atoms with Crippen molar-refractivity contribution in [3.8, 4) is 0 Å². The highest BCUT2D eigenvalue weighted by atomic mass is 16.5. The summed E-state index contributed by atoms with van der Waals surface area (Å²) in [4.78, 5) is 11.4. The van der Waals surface area contributed by atoms with Gasteiger partial charge in [-0.15, -0.1) is 0 Å². The fourth-order valence-corrected chi connectivity index (χ4v) is 1.69. The number of unbranched alkanes of at least 4 members (excludes halogenated alkanes) is 4. The average Bonchev–Trinajstić information content (AvgIpc) is 2.26. The van der Waals surface area contributed by atoms with Gasteiger partial charge in [-0.2, -0.15) is 0 Å². The third-order valence-electron chi connectivity index (χ3n) is 2.81. The Hall–Kier alpha value is -0.570. The lowest BCUT2D eigenvalue weighted by Gasteiger charge is -2.14. The van der Waals surface area contributed by atoms with Crippen LogP contribution in [0.25, 0.3) is 0 Å². The minimum Gasteiger partial charge on any atom is -0.463 e. The molecule has 102 valence electrons. The van der Waals surface area contributed by atoms with Crippen LogP contribution in [0, 0.1) is 0 Å². The van der Waals surface area contributed by atoms with E-state index in [1.165, 1.54) is 19.3 Å². The number of hydrogen-bond donors (Lipinski definition) is 1. The van der Waals surface area contributed by atoms with E-state index in [2.05, 4.69) is 6.92 Å². The van der Waals surface area contributed by atoms with Gasteiger partial charge in [0.2, 0.25) is 0 Å². The fourth-order valence-electron chi connectivity index (χ4n) is 1.69. The van der Waals surface area contributed by atoms with E-state index in [-0.39, 0.29) is 18.2 Å². The Kier molecular flexibility index (Phi) is 10.2. The average molecular weight is 244 g/mol. The number of rotatable bonds is 10. The molecule has 1 N–H and O–H groups in total. The SMILES string of the molecule is CCCCCCCC(=O)O[C@H](C)CC[C@H](C)O. The van der Waals surface area contributed by atoms with Crippen LogP contribution in [-0.4, -0.2) is 23.3 Å². The first-order valence-electron chi connectivity index (χ1n) is 6.93. The van der Waals surface area contributed by atoms with Crippen LogP contribution in [0.5, 0.6) is 0 Å². The predicted molar refractivity (Wildman–Crippen MR) is 69.8 cm³/mol. The zero-order valence-corrected chi connectivity index (χ0v) is 11.6. The van der Waals surface area contributed by atoms with Gasteiger partial charge in [0.15, 0.2) is 0 Å². The van der Waals surface area contributed by atoms with Crippen LogP contribution in [0.3, 0.4) is 0 Å². The molecule has 0 saturated heterocycles. The van der Waals surface area contributed by atoms with E-state index >= 15 is 0 Å². The monoisotopic (exact) mass is 244 g/mol. The van der Waals surface area contributed by atoms with Crippen molar-refractivity contribution in [3.63, 3.8) is 0 Å². The molecule has 0 radical (unpaired) electrons. The summed E-state index contributed by atoms with van der Waals surface area (Å²) in [5.74, 6) is -0.0976. The second-order valence-electron chi connectivity index (χ2n) is 4.89. The third-order valence-corrected chi connectivity index (χ3v) is 2.81. The molecular weight excluding hydrogens is 216 g/mol. The summed E-state index contributed by atoms with van der Waals surface area (Å²) in [6.45, 7) is 5.82. The molecule has 0 bridgehead atoms. The number of carbonyl (C=O) groups excluding carboxylic acids is 1. The Balaban J connectivity index is 3.44. The van der Waals surface area contributed by atoms with Crippen molar-refractivity contribution in [1.82, 2.24) is 0 Å². The van der Waals surface area contributed by atoms with Crippen molar-refractivity contribution in [2.24, 2.45) is 0 Å². The second-order valence-corrected chi connectivity index (χ2v) is 4.89. The Morgan fingerprint density at radius 2 is 1.76 bits per heavy atom. The summed E-state index contributed by atoms with van der Waals surface area (Å²) in [5, 5.41) is 9.12. The van der Waals surface area contributed by atoms with Crippen LogP contribution < -0.4 is 0 Å². The predicted octanol–water partition coefficient (Wildman–Crippen LogP) is 3.44. The lowest BCUT2D eigenvalue weighted by atomic mass is 10.1. The summed E-state index contributed by atoms with van der Waals surface area (Å²) in [6, 6.07) is 0. The summed E-state index contributed by atoms with van der Waals surface area (Å²) < 4.78 is 5.26. The molecule has 0 fully saturated rings. The zero-order valence-electron chi connectivity index (χ0n) is 11.6. The number of ether oxygens (including phenoxy) is 1. The van der Waals surface area contributed by atoms with Crippen molar-refractivity contribution in [3.05, 3.63) is 0 Å². The minimum atomic E-state index is -0.315. The van der Waals surface area contributed by atoms with Gasteiger partial charge in [0.05, 0.1) is 12.2 Å². The van der Waals surface area contributed by atoms with E-state index in [0.29, 0.717) is 12.8 Å². The van der Waals surface area contributed by atoms with Crippen molar-refractivity contribution in [2.75, 3.05) is 0 Å². The summed E-state index contributed by atoms with van der Waals surface area (Å²) in [7, 11) is 0. The molecule has 3 heteroatoms. The molecule has 0 aliphatic carbocycles. The molecule has 3 nitrogen and oxygen atoms in total. The third kappa shape index (κ3) is 11.7. The van der Waals surface area contributed by atoms with Crippen molar-refractivity contribution in [2.45, 2.75) is 84.3 Å². The van der Waals surface area contributed by atoms with Gasteiger partial charge in [0, 0.05) is 6.42 Å². The smallest absolute Gasteiger partial charge is 0.306 e. The van der Waals surface area contributed by atoms with E-state index in [4.69, 9.17) is 9.84 Å². The van der Waals surface area contributed by atoms with Crippen molar-refractivity contribution < 1.29 is 14.6 Å².